The Morgan fingerprint density at radius 1 is 1.24 bits per heavy atom. The van der Waals surface area contributed by atoms with Crippen LogP contribution in [0.15, 0.2) is 58.4 Å². The van der Waals surface area contributed by atoms with Gasteiger partial charge in [0, 0.05) is 12.1 Å². The molecule has 2 aromatic carbocycles. The molecule has 1 aliphatic rings. The molecule has 0 unspecified atom stereocenters. The first-order valence-corrected chi connectivity index (χ1v) is 8.50. The molecular formula is C18H15N3O3S. The van der Waals surface area contributed by atoms with Crippen molar-refractivity contribution in [1.82, 2.24) is 5.32 Å². The minimum Gasteiger partial charge on any atom is -0.300 e. The number of carbonyl (C=O) groups is 1. The Hall–Kier alpha value is -2.93. The number of hydrogen-bond donors (Lipinski definition) is 1. The number of aryl methyl sites for hydroxylation is 1. The molecule has 0 atom stereocenters. The van der Waals surface area contributed by atoms with Crippen molar-refractivity contribution < 1.29 is 9.72 Å². The first-order valence-electron chi connectivity index (χ1n) is 7.69. The van der Waals surface area contributed by atoms with Crippen LogP contribution in [0.2, 0.25) is 0 Å². The van der Waals surface area contributed by atoms with Crippen LogP contribution in [0, 0.1) is 10.1 Å². The van der Waals surface area contributed by atoms with Gasteiger partial charge in [0.05, 0.1) is 15.5 Å². The standard InChI is InChI=1S/C18H15N3O3S/c1-2-13-7-3-4-9-15(13)19-18-20-17(22)16(25-18)11-12-6-5-8-14(10-12)21(23)24/h3-11H,2H2,1H3,(H,19,20,22)/b16-11-. The number of benzene rings is 2. The highest BCUT2D eigenvalue weighted by Gasteiger charge is 2.24. The maximum absolute atomic E-state index is 12.1. The smallest absolute Gasteiger partial charge is 0.270 e. The summed E-state index contributed by atoms with van der Waals surface area (Å²) in [6.45, 7) is 2.05. The number of carbonyl (C=O) groups excluding carboxylic acids is 1. The molecule has 0 saturated carbocycles. The van der Waals surface area contributed by atoms with Crippen LogP contribution in [0.5, 0.6) is 0 Å². The molecule has 0 bridgehead atoms. The Kier molecular flexibility index (Phi) is 4.95. The van der Waals surface area contributed by atoms with Gasteiger partial charge >= 0.3 is 0 Å². The number of amidine groups is 1. The van der Waals surface area contributed by atoms with Crippen molar-refractivity contribution in [3.05, 3.63) is 74.7 Å². The van der Waals surface area contributed by atoms with E-state index in [4.69, 9.17) is 0 Å². The Labute approximate surface area is 148 Å². The van der Waals surface area contributed by atoms with Gasteiger partial charge in [-0.1, -0.05) is 37.3 Å². The fourth-order valence-corrected chi connectivity index (χ4v) is 3.22. The molecule has 3 rings (SSSR count). The van der Waals surface area contributed by atoms with Crippen molar-refractivity contribution >= 4 is 40.3 Å². The highest BCUT2D eigenvalue weighted by atomic mass is 32.2. The normalized spacial score (nSPS) is 17.1. The van der Waals surface area contributed by atoms with Crippen molar-refractivity contribution in [2.75, 3.05) is 0 Å². The predicted molar refractivity (Wildman–Crippen MR) is 99.7 cm³/mol. The van der Waals surface area contributed by atoms with E-state index < -0.39 is 4.92 Å². The molecule has 1 amide bonds. The number of thioether (sulfide) groups is 1. The van der Waals surface area contributed by atoms with Crippen LogP contribution >= 0.6 is 11.8 Å². The third kappa shape index (κ3) is 3.95. The molecular weight excluding hydrogens is 338 g/mol. The zero-order valence-corrected chi connectivity index (χ0v) is 14.2. The number of nitro groups is 1. The SMILES string of the molecule is CCc1ccccc1N=C1NC(=O)/C(=C/c2cccc([N+](=O)[O-])c2)S1. The number of aliphatic imine (C=N–C) groups is 1. The van der Waals surface area contributed by atoms with Crippen LogP contribution in [0.4, 0.5) is 11.4 Å². The Bertz CT molecular complexity index is 906. The highest BCUT2D eigenvalue weighted by molar-refractivity contribution is 8.18. The first-order chi connectivity index (χ1) is 12.1. The second kappa shape index (κ2) is 7.31. The number of nitrogens with zero attached hydrogens (tertiary/aromatic N) is 2. The quantitative estimate of drug-likeness (QED) is 0.510. The summed E-state index contributed by atoms with van der Waals surface area (Å²) in [5.74, 6) is -0.260. The third-order valence-corrected chi connectivity index (χ3v) is 4.53. The molecule has 1 heterocycles. The molecule has 0 spiro atoms. The van der Waals surface area contributed by atoms with E-state index in [9.17, 15) is 14.9 Å². The molecule has 0 radical (unpaired) electrons. The van der Waals surface area contributed by atoms with Crippen LogP contribution in [0.1, 0.15) is 18.1 Å². The Balaban J connectivity index is 1.86. The average Bonchev–Trinajstić information content (AvgIpc) is 2.94. The summed E-state index contributed by atoms with van der Waals surface area (Å²) in [6, 6.07) is 13.9. The van der Waals surface area contributed by atoms with Gasteiger partial charge in [-0.3, -0.25) is 14.9 Å². The van der Waals surface area contributed by atoms with E-state index >= 15 is 0 Å². The van der Waals surface area contributed by atoms with Crippen molar-refractivity contribution in [3.63, 3.8) is 0 Å². The van der Waals surface area contributed by atoms with E-state index in [1.165, 1.54) is 23.9 Å². The molecule has 1 saturated heterocycles. The van der Waals surface area contributed by atoms with Gasteiger partial charge in [0.1, 0.15) is 0 Å². The zero-order chi connectivity index (χ0) is 17.8. The van der Waals surface area contributed by atoms with Crippen LogP contribution in [-0.2, 0) is 11.2 Å². The number of nitrogens with one attached hydrogen (secondary N) is 1. The molecule has 2 aromatic rings. The van der Waals surface area contributed by atoms with Crippen molar-refractivity contribution in [2.45, 2.75) is 13.3 Å². The number of rotatable bonds is 4. The summed E-state index contributed by atoms with van der Waals surface area (Å²) in [6.07, 6.45) is 2.48. The fourth-order valence-electron chi connectivity index (χ4n) is 2.39. The lowest BCUT2D eigenvalue weighted by molar-refractivity contribution is -0.384. The van der Waals surface area contributed by atoms with Gasteiger partial charge in [0.15, 0.2) is 5.17 Å². The van der Waals surface area contributed by atoms with E-state index in [0.29, 0.717) is 15.6 Å². The summed E-state index contributed by atoms with van der Waals surface area (Å²) in [7, 11) is 0. The van der Waals surface area contributed by atoms with Gasteiger partial charge in [0.2, 0.25) is 0 Å². The van der Waals surface area contributed by atoms with Gasteiger partial charge in [-0.2, -0.15) is 0 Å². The maximum Gasteiger partial charge on any atom is 0.270 e. The molecule has 0 aromatic heterocycles. The van der Waals surface area contributed by atoms with Crippen LogP contribution < -0.4 is 5.32 Å². The predicted octanol–water partition coefficient (Wildman–Crippen LogP) is 4.05. The molecule has 6 nitrogen and oxygen atoms in total. The van der Waals surface area contributed by atoms with Crippen molar-refractivity contribution in [3.8, 4) is 0 Å². The summed E-state index contributed by atoms with van der Waals surface area (Å²) in [4.78, 5) is 27.5. The number of amides is 1. The van der Waals surface area contributed by atoms with Crippen LogP contribution in [0.3, 0.4) is 0 Å². The van der Waals surface area contributed by atoms with E-state index in [0.717, 1.165) is 17.7 Å². The monoisotopic (exact) mass is 353 g/mol. The summed E-state index contributed by atoms with van der Waals surface area (Å²) < 4.78 is 0. The fraction of sp³-hybridized carbons (Fsp3) is 0.111. The number of nitro benzene ring substituents is 1. The summed E-state index contributed by atoms with van der Waals surface area (Å²) >= 11 is 1.22. The first kappa shape index (κ1) is 16.9. The minimum atomic E-state index is -0.460. The summed E-state index contributed by atoms with van der Waals surface area (Å²) in [5.41, 5.74) is 2.51. The van der Waals surface area contributed by atoms with Crippen LogP contribution in [0.25, 0.3) is 6.08 Å². The lowest BCUT2D eigenvalue weighted by Crippen LogP contribution is -2.19. The molecule has 1 N–H and O–H groups in total. The molecule has 1 aliphatic heterocycles. The second-order valence-electron chi connectivity index (χ2n) is 5.32. The Morgan fingerprint density at radius 2 is 2.04 bits per heavy atom. The molecule has 1 fully saturated rings. The average molecular weight is 353 g/mol. The highest BCUT2D eigenvalue weighted by Crippen LogP contribution is 2.29. The molecule has 7 heteroatoms. The van der Waals surface area contributed by atoms with Gasteiger partial charge in [0.25, 0.3) is 11.6 Å². The molecule has 126 valence electrons. The number of hydrogen-bond acceptors (Lipinski definition) is 5. The van der Waals surface area contributed by atoms with Crippen molar-refractivity contribution in [1.29, 1.82) is 0 Å². The van der Waals surface area contributed by atoms with E-state index in [-0.39, 0.29) is 11.6 Å². The Morgan fingerprint density at radius 3 is 2.80 bits per heavy atom. The minimum absolute atomic E-state index is 0.0106. The third-order valence-electron chi connectivity index (χ3n) is 3.62. The van der Waals surface area contributed by atoms with Crippen LogP contribution in [-0.4, -0.2) is 16.0 Å². The topological polar surface area (TPSA) is 84.6 Å². The zero-order valence-electron chi connectivity index (χ0n) is 13.4. The van der Waals surface area contributed by atoms with E-state index in [2.05, 4.69) is 10.3 Å². The van der Waals surface area contributed by atoms with Gasteiger partial charge in [-0.25, -0.2) is 4.99 Å². The van der Waals surface area contributed by atoms with E-state index in [1.807, 2.05) is 31.2 Å². The molecule has 0 aliphatic carbocycles. The lowest BCUT2D eigenvalue weighted by atomic mass is 10.1. The molecule has 25 heavy (non-hydrogen) atoms. The number of para-hydroxylation sites is 1. The van der Waals surface area contributed by atoms with Gasteiger partial charge < -0.3 is 5.32 Å². The van der Waals surface area contributed by atoms with Gasteiger partial charge in [-0.15, -0.1) is 0 Å². The van der Waals surface area contributed by atoms with E-state index in [1.54, 1.807) is 18.2 Å². The second-order valence-corrected chi connectivity index (χ2v) is 6.35. The number of non-ortho nitro benzene ring substituents is 1. The lowest BCUT2D eigenvalue weighted by Gasteiger charge is -2.02. The van der Waals surface area contributed by atoms with Gasteiger partial charge in [-0.05, 0) is 41.5 Å². The summed E-state index contributed by atoms with van der Waals surface area (Å²) in [5, 5.41) is 14.1. The van der Waals surface area contributed by atoms with Crippen molar-refractivity contribution in [2.24, 2.45) is 4.99 Å². The largest absolute Gasteiger partial charge is 0.300 e. The maximum atomic E-state index is 12.1.